The van der Waals surface area contributed by atoms with Crippen molar-refractivity contribution in [2.75, 3.05) is 27.9 Å². The third kappa shape index (κ3) is 3.93. The minimum Gasteiger partial charge on any atom is -0.336 e. The normalized spacial score (nSPS) is 16.2. The van der Waals surface area contributed by atoms with Gasteiger partial charge in [0.1, 0.15) is 0 Å². The van der Waals surface area contributed by atoms with Crippen LogP contribution in [0.2, 0.25) is 0 Å². The number of aromatic nitrogens is 2. The van der Waals surface area contributed by atoms with Crippen LogP contribution >= 0.6 is 0 Å². The van der Waals surface area contributed by atoms with Gasteiger partial charge >= 0.3 is 0 Å². The zero-order valence-electron chi connectivity index (χ0n) is 19.1. The molecule has 8 nitrogen and oxygen atoms in total. The van der Waals surface area contributed by atoms with Crippen molar-refractivity contribution in [2.45, 2.75) is 32.1 Å². The smallest absolute Gasteiger partial charge is 0.236 e. The average Bonchev–Trinajstić information content (AvgIpc) is 3.65. The molecule has 0 bridgehead atoms. The maximum atomic E-state index is 14.5. The molecule has 5 rings (SSSR count). The van der Waals surface area contributed by atoms with Gasteiger partial charge in [0.05, 0.1) is 23.0 Å². The number of para-hydroxylation sites is 2. The van der Waals surface area contributed by atoms with E-state index in [1.807, 2.05) is 32.0 Å². The Balaban J connectivity index is 1.38. The zero-order valence-corrected chi connectivity index (χ0v) is 19.1. The van der Waals surface area contributed by atoms with E-state index in [1.54, 1.807) is 36.2 Å². The second-order valence-electron chi connectivity index (χ2n) is 9.17. The molecule has 1 aromatic heterocycles. The number of halogens is 1. The minimum atomic E-state index is -0.646. The maximum absolute atomic E-state index is 14.5. The predicted molar refractivity (Wildman–Crippen MR) is 129 cm³/mol. The molecule has 3 aromatic rings. The Morgan fingerprint density at radius 3 is 2.59 bits per heavy atom. The first-order valence-corrected chi connectivity index (χ1v) is 11.1. The molecule has 0 saturated heterocycles. The molecule has 3 N–H and O–H groups in total. The topological polar surface area (TPSA) is 99.3 Å². The summed E-state index contributed by atoms with van der Waals surface area (Å²) in [4.78, 5) is 34.7. The van der Waals surface area contributed by atoms with Gasteiger partial charge in [-0.25, -0.2) is 9.37 Å². The van der Waals surface area contributed by atoms with E-state index in [1.165, 1.54) is 0 Å². The van der Waals surface area contributed by atoms with Crippen molar-refractivity contribution in [3.8, 4) is 0 Å². The van der Waals surface area contributed by atoms with Crippen LogP contribution in [0.15, 0.2) is 48.7 Å². The average molecular weight is 461 g/mol. The van der Waals surface area contributed by atoms with E-state index < -0.39 is 11.2 Å². The Labute approximate surface area is 196 Å². The van der Waals surface area contributed by atoms with Gasteiger partial charge in [0.2, 0.25) is 17.8 Å². The van der Waals surface area contributed by atoms with Crippen molar-refractivity contribution in [3.63, 3.8) is 0 Å². The third-order valence-corrected chi connectivity index (χ3v) is 6.26. The number of nitrogens with zero attached hydrogens (tertiary/aromatic N) is 3. The molecule has 1 aliphatic carbocycles. The van der Waals surface area contributed by atoms with Crippen LogP contribution in [0, 0.1) is 11.7 Å². The van der Waals surface area contributed by atoms with Crippen LogP contribution in [0.1, 0.15) is 32.3 Å². The molecule has 1 aliphatic heterocycles. The third-order valence-electron chi connectivity index (χ3n) is 6.26. The first kappa shape index (κ1) is 21.8. The van der Waals surface area contributed by atoms with Crippen LogP contribution in [-0.2, 0) is 15.0 Å². The second-order valence-corrected chi connectivity index (χ2v) is 9.17. The van der Waals surface area contributed by atoms with E-state index in [2.05, 4.69) is 25.9 Å². The first-order valence-electron chi connectivity index (χ1n) is 11.1. The lowest BCUT2D eigenvalue weighted by Gasteiger charge is -2.17. The summed E-state index contributed by atoms with van der Waals surface area (Å²) >= 11 is 0. The number of hydrogen-bond donors (Lipinski definition) is 3. The fourth-order valence-corrected chi connectivity index (χ4v) is 4.10. The highest BCUT2D eigenvalue weighted by Crippen LogP contribution is 2.42. The quantitative estimate of drug-likeness (QED) is 0.493. The van der Waals surface area contributed by atoms with Crippen LogP contribution < -0.4 is 20.9 Å². The first-order chi connectivity index (χ1) is 16.2. The Hall–Kier alpha value is -4.01. The van der Waals surface area contributed by atoms with E-state index in [4.69, 9.17) is 0 Å². The van der Waals surface area contributed by atoms with Crippen molar-refractivity contribution in [2.24, 2.45) is 5.92 Å². The Kier molecular flexibility index (Phi) is 5.19. The molecule has 2 aromatic carbocycles. The molecule has 9 heteroatoms. The molecule has 0 radical (unpaired) electrons. The highest BCUT2D eigenvalue weighted by molar-refractivity contribution is 6.07. The van der Waals surface area contributed by atoms with Gasteiger partial charge in [-0.15, -0.1) is 0 Å². The SMILES string of the molecule is CN1C(=O)C(C)(C)c2cc(Nc3ncc(F)c(Nc4ccccc4NC(=O)C4CC4)n3)ccc21. The summed E-state index contributed by atoms with van der Waals surface area (Å²) in [7, 11) is 1.76. The Morgan fingerprint density at radius 1 is 1.12 bits per heavy atom. The van der Waals surface area contributed by atoms with E-state index in [-0.39, 0.29) is 29.5 Å². The number of rotatable bonds is 6. The summed E-state index contributed by atoms with van der Waals surface area (Å²) in [6.07, 6.45) is 2.86. The largest absolute Gasteiger partial charge is 0.336 e. The molecule has 34 heavy (non-hydrogen) atoms. The molecule has 1 saturated carbocycles. The number of amides is 2. The fraction of sp³-hybridized carbons (Fsp3) is 0.280. The fourth-order valence-electron chi connectivity index (χ4n) is 4.10. The minimum absolute atomic E-state index is 0.0246. The number of anilines is 6. The molecule has 2 heterocycles. The number of carbonyl (C=O) groups is 2. The van der Waals surface area contributed by atoms with Crippen molar-refractivity contribution < 1.29 is 14.0 Å². The number of likely N-dealkylation sites (N-methyl/N-ethyl adjacent to an activating group) is 1. The molecule has 0 atom stereocenters. The summed E-state index contributed by atoms with van der Waals surface area (Å²) in [5, 5.41) is 8.95. The van der Waals surface area contributed by atoms with Gasteiger partial charge in [-0.2, -0.15) is 4.98 Å². The standard InChI is InChI=1S/C25H25FN6O2/c1-25(2)16-12-15(10-11-20(16)32(3)23(25)34)28-24-27-13-17(26)21(31-24)29-18-6-4-5-7-19(18)30-22(33)14-8-9-14/h4-7,10-14H,8-9H2,1-3H3,(H,30,33)(H2,27,28,29,31). The van der Waals surface area contributed by atoms with Crippen molar-refractivity contribution in [1.29, 1.82) is 0 Å². The van der Waals surface area contributed by atoms with Crippen LogP contribution in [0.25, 0.3) is 0 Å². The van der Waals surface area contributed by atoms with E-state index in [9.17, 15) is 14.0 Å². The predicted octanol–water partition coefficient (Wildman–Crippen LogP) is 4.71. The molecular formula is C25H25FN6O2. The summed E-state index contributed by atoms with van der Waals surface area (Å²) in [5.74, 6) is -0.427. The van der Waals surface area contributed by atoms with Crippen LogP contribution in [0.3, 0.4) is 0 Å². The van der Waals surface area contributed by atoms with Crippen molar-refractivity contribution in [1.82, 2.24) is 9.97 Å². The molecule has 2 aliphatic rings. The van der Waals surface area contributed by atoms with E-state index in [0.717, 1.165) is 30.3 Å². The lowest BCUT2D eigenvalue weighted by Crippen LogP contribution is -2.33. The second kappa shape index (κ2) is 8.09. The van der Waals surface area contributed by atoms with Gasteiger partial charge in [-0.1, -0.05) is 12.1 Å². The Bertz CT molecular complexity index is 1300. The molecule has 1 fully saturated rings. The van der Waals surface area contributed by atoms with E-state index >= 15 is 0 Å². The number of carbonyl (C=O) groups excluding carboxylic acids is 2. The van der Waals surface area contributed by atoms with Gasteiger partial charge in [-0.05, 0) is 62.6 Å². The molecule has 0 unspecified atom stereocenters. The van der Waals surface area contributed by atoms with Crippen molar-refractivity contribution in [3.05, 3.63) is 60.0 Å². The molecule has 0 spiro atoms. The molecular weight excluding hydrogens is 435 g/mol. The van der Waals surface area contributed by atoms with Crippen LogP contribution in [0.4, 0.5) is 38.9 Å². The zero-order chi connectivity index (χ0) is 24.0. The number of fused-ring (bicyclic) bond motifs is 1. The number of benzene rings is 2. The van der Waals surface area contributed by atoms with Gasteiger partial charge in [0.15, 0.2) is 11.6 Å². The summed E-state index contributed by atoms with van der Waals surface area (Å²) in [6, 6.07) is 12.7. The maximum Gasteiger partial charge on any atom is 0.236 e. The molecule has 174 valence electrons. The molecule has 2 amide bonds. The highest BCUT2D eigenvalue weighted by Gasteiger charge is 2.42. The Morgan fingerprint density at radius 2 is 1.85 bits per heavy atom. The number of nitrogens with one attached hydrogen (secondary N) is 3. The van der Waals surface area contributed by atoms with Gasteiger partial charge < -0.3 is 20.9 Å². The highest BCUT2D eigenvalue weighted by atomic mass is 19.1. The lowest BCUT2D eigenvalue weighted by molar-refractivity contribution is -0.121. The summed E-state index contributed by atoms with van der Waals surface area (Å²) in [5.41, 5.74) is 2.87. The van der Waals surface area contributed by atoms with Gasteiger partial charge in [-0.3, -0.25) is 9.59 Å². The monoisotopic (exact) mass is 460 g/mol. The summed E-state index contributed by atoms with van der Waals surface area (Å²) in [6.45, 7) is 3.77. The van der Waals surface area contributed by atoms with Crippen LogP contribution in [0.5, 0.6) is 0 Å². The summed E-state index contributed by atoms with van der Waals surface area (Å²) < 4.78 is 14.5. The lowest BCUT2D eigenvalue weighted by atomic mass is 9.86. The van der Waals surface area contributed by atoms with E-state index in [0.29, 0.717) is 17.1 Å². The van der Waals surface area contributed by atoms with Crippen LogP contribution in [-0.4, -0.2) is 28.8 Å². The van der Waals surface area contributed by atoms with Gasteiger partial charge in [0, 0.05) is 24.3 Å². The number of hydrogen-bond acceptors (Lipinski definition) is 6. The van der Waals surface area contributed by atoms with Crippen molar-refractivity contribution >= 4 is 46.3 Å². The van der Waals surface area contributed by atoms with Gasteiger partial charge in [0.25, 0.3) is 0 Å².